The highest BCUT2D eigenvalue weighted by atomic mass is 16.3. The lowest BCUT2D eigenvalue weighted by Gasteiger charge is -2.16. The van der Waals surface area contributed by atoms with Crippen LogP contribution in [0.5, 0.6) is 0 Å². The minimum Gasteiger partial charge on any atom is -0.468 e. The van der Waals surface area contributed by atoms with Crippen LogP contribution in [0.15, 0.2) is 42.1 Å². The van der Waals surface area contributed by atoms with E-state index in [4.69, 9.17) is 4.42 Å². The zero-order chi connectivity index (χ0) is 13.4. The van der Waals surface area contributed by atoms with Crippen LogP contribution in [0.2, 0.25) is 0 Å². The fraction of sp³-hybridized carbons (Fsp3) is 0.467. The zero-order valence-electron chi connectivity index (χ0n) is 11.5. The molecule has 3 nitrogen and oxygen atoms in total. The predicted octanol–water partition coefficient (Wildman–Crippen LogP) is 2.95. The molecule has 100 valence electrons. The molecule has 3 heteroatoms. The van der Waals surface area contributed by atoms with Crippen LogP contribution in [0.1, 0.15) is 25.2 Å². The van der Waals surface area contributed by atoms with Gasteiger partial charge in [0.2, 0.25) is 0 Å². The first-order valence-corrected chi connectivity index (χ1v) is 6.39. The summed E-state index contributed by atoms with van der Waals surface area (Å²) in [5.74, 6) is 0.985. The van der Waals surface area contributed by atoms with Gasteiger partial charge in [0, 0.05) is 31.2 Å². The molecule has 1 heterocycles. The molecule has 0 aliphatic carbocycles. The normalized spacial score (nSPS) is 11.1. The van der Waals surface area contributed by atoms with Crippen molar-refractivity contribution in [3.05, 3.63) is 49.0 Å². The highest BCUT2D eigenvalue weighted by Gasteiger charge is 2.07. The molecular formula is C15H24N2O. The first-order valence-electron chi connectivity index (χ1n) is 6.39. The highest BCUT2D eigenvalue weighted by Crippen LogP contribution is 2.11. The minimum atomic E-state index is 0.487. The van der Waals surface area contributed by atoms with Crippen molar-refractivity contribution in [1.29, 1.82) is 0 Å². The van der Waals surface area contributed by atoms with Crippen LogP contribution in [0.25, 0.3) is 0 Å². The summed E-state index contributed by atoms with van der Waals surface area (Å²) in [6, 6.07) is 2.59. The van der Waals surface area contributed by atoms with E-state index in [9.17, 15) is 0 Å². The molecule has 0 amide bonds. The zero-order valence-corrected chi connectivity index (χ0v) is 11.5. The van der Waals surface area contributed by atoms with Crippen molar-refractivity contribution in [1.82, 2.24) is 10.2 Å². The van der Waals surface area contributed by atoms with Gasteiger partial charge in [-0.2, -0.15) is 0 Å². The summed E-state index contributed by atoms with van der Waals surface area (Å²) in [5.41, 5.74) is 1.19. The first kappa shape index (κ1) is 14.7. The molecular weight excluding hydrogens is 224 g/mol. The van der Waals surface area contributed by atoms with Crippen molar-refractivity contribution in [3.8, 4) is 0 Å². The molecule has 18 heavy (non-hydrogen) atoms. The van der Waals surface area contributed by atoms with E-state index in [1.54, 1.807) is 0 Å². The third kappa shape index (κ3) is 5.34. The maximum absolute atomic E-state index is 5.57. The molecule has 1 N–H and O–H groups in total. The van der Waals surface area contributed by atoms with Gasteiger partial charge in [-0.25, -0.2) is 0 Å². The second-order valence-corrected chi connectivity index (χ2v) is 4.73. The number of nitrogens with one attached hydrogen (secondary N) is 1. The quantitative estimate of drug-likeness (QED) is 0.681. The van der Waals surface area contributed by atoms with Crippen LogP contribution in [0.4, 0.5) is 0 Å². The average Bonchev–Trinajstić information content (AvgIpc) is 2.75. The largest absolute Gasteiger partial charge is 0.468 e. The van der Waals surface area contributed by atoms with E-state index in [2.05, 4.69) is 43.3 Å². The maximum atomic E-state index is 5.57. The number of furan rings is 1. The molecule has 0 aromatic carbocycles. The van der Waals surface area contributed by atoms with Gasteiger partial charge in [0.05, 0.1) is 12.8 Å². The molecule has 0 spiro atoms. The van der Waals surface area contributed by atoms with Gasteiger partial charge in [-0.05, 0) is 6.07 Å². The lowest BCUT2D eigenvalue weighted by molar-refractivity contribution is 0.295. The third-order valence-corrected chi connectivity index (χ3v) is 2.58. The maximum Gasteiger partial charge on any atom is 0.118 e. The molecule has 0 atom stereocenters. The summed E-state index contributed by atoms with van der Waals surface area (Å²) in [7, 11) is 0. The van der Waals surface area contributed by atoms with Gasteiger partial charge < -0.3 is 9.73 Å². The van der Waals surface area contributed by atoms with Gasteiger partial charge in [-0.1, -0.05) is 26.0 Å². The number of hydrogen-bond donors (Lipinski definition) is 1. The number of hydrogen-bond acceptors (Lipinski definition) is 3. The molecule has 0 aliphatic rings. The first-order chi connectivity index (χ1) is 8.65. The van der Waals surface area contributed by atoms with Crippen LogP contribution < -0.4 is 5.32 Å². The lowest BCUT2D eigenvalue weighted by atomic mass is 10.2. The van der Waals surface area contributed by atoms with Gasteiger partial charge in [-0.15, -0.1) is 13.2 Å². The van der Waals surface area contributed by atoms with Crippen molar-refractivity contribution in [2.45, 2.75) is 33.0 Å². The second kappa shape index (κ2) is 7.90. The Balaban J connectivity index is 2.50. The van der Waals surface area contributed by atoms with Crippen LogP contribution in [-0.2, 0) is 13.1 Å². The van der Waals surface area contributed by atoms with Crippen molar-refractivity contribution in [2.75, 3.05) is 13.1 Å². The topological polar surface area (TPSA) is 28.4 Å². The summed E-state index contributed by atoms with van der Waals surface area (Å²) in [6.45, 7) is 15.1. The molecule has 0 saturated heterocycles. The second-order valence-electron chi connectivity index (χ2n) is 4.73. The molecule has 0 bridgehead atoms. The Morgan fingerprint density at radius 2 is 2.00 bits per heavy atom. The Kier molecular flexibility index (Phi) is 6.47. The van der Waals surface area contributed by atoms with Crippen molar-refractivity contribution in [3.63, 3.8) is 0 Å². The lowest BCUT2D eigenvalue weighted by Crippen LogP contribution is -2.23. The standard InChI is InChI=1S/C15H24N2O/c1-5-7-17(8-6-2)11-15-9-14(12-18-15)10-16-13(3)4/h5-6,9,12-13,16H,1-2,7-8,10-11H2,3-4H3. The van der Waals surface area contributed by atoms with Crippen LogP contribution in [0.3, 0.4) is 0 Å². The average molecular weight is 248 g/mol. The monoisotopic (exact) mass is 248 g/mol. The third-order valence-electron chi connectivity index (χ3n) is 2.58. The van der Waals surface area contributed by atoms with Crippen molar-refractivity contribution in [2.24, 2.45) is 0 Å². The van der Waals surface area contributed by atoms with Gasteiger partial charge in [0.1, 0.15) is 5.76 Å². The minimum absolute atomic E-state index is 0.487. The Morgan fingerprint density at radius 1 is 1.33 bits per heavy atom. The van der Waals surface area contributed by atoms with E-state index >= 15 is 0 Å². The summed E-state index contributed by atoms with van der Waals surface area (Å²) < 4.78 is 5.57. The SMILES string of the molecule is C=CCN(CC=C)Cc1cc(CNC(C)C)co1. The molecule has 1 rings (SSSR count). The van der Waals surface area contributed by atoms with Crippen LogP contribution in [-0.4, -0.2) is 24.0 Å². The number of nitrogens with zero attached hydrogens (tertiary/aromatic N) is 1. The summed E-state index contributed by atoms with van der Waals surface area (Å²) >= 11 is 0. The molecule has 0 saturated carbocycles. The van der Waals surface area contributed by atoms with E-state index < -0.39 is 0 Å². The Hall–Kier alpha value is -1.32. The fourth-order valence-corrected chi connectivity index (χ4v) is 1.71. The smallest absolute Gasteiger partial charge is 0.118 e. The molecule has 1 aromatic rings. The van der Waals surface area contributed by atoms with Crippen molar-refractivity contribution >= 4 is 0 Å². The molecule has 0 unspecified atom stereocenters. The van der Waals surface area contributed by atoms with E-state index in [0.717, 1.165) is 31.9 Å². The van der Waals surface area contributed by atoms with Crippen LogP contribution >= 0.6 is 0 Å². The summed E-state index contributed by atoms with van der Waals surface area (Å²) in [4.78, 5) is 2.22. The van der Waals surface area contributed by atoms with Crippen molar-refractivity contribution < 1.29 is 4.42 Å². The highest BCUT2D eigenvalue weighted by molar-refractivity contribution is 5.13. The Bertz CT molecular complexity index is 358. The van der Waals surface area contributed by atoms with Gasteiger partial charge in [-0.3, -0.25) is 4.90 Å². The van der Waals surface area contributed by atoms with E-state index in [1.165, 1.54) is 5.56 Å². The van der Waals surface area contributed by atoms with Gasteiger partial charge >= 0.3 is 0 Å². The van der Waals surface area contributed by atoms with E-state index in [1.807, 2.05) is 18.4 Å². The number of rotatable bonds is 9. The molecule has 0 radical (unpaired) electrons. The summed E-state index contributed by atoms with van der Waals surface area (Å²) in [6.07, 6.45) is 5.62. The molecule has 0 aliphatic heterocycles. The fourth-order valence-electron chi connectivity index (χ4n) is 1.71. The Labute approximate surface area is 110 Å². The van der Waals surface area contributed by atoms with Gasteiger partial charge in [0.15, 0.2) is 0 Å². The van der Waals surface area contributed by atoms with Crippen LogP contribution in [0, 0.1) is 0 Å². The van der Waals surface area contributed by atoms with Gasteiger partial charge in [0.25, 0.3) is 0 Å². The molecule has 1 aromatic heterocycles. The molecule has 0 fully saturated rings. The Morgan fingerprint density at radius 3 is 2.56 bits per heavy atom. The predicted molar refractivity (Wildman–Crippen MR) is 76.4 cm³/mol. The van der Waals surface area contributed by atoms with E-state index in [-0.39, 0.29) is 0 Å². The summed E-state index contributed by atoms with van der Waals surface area (Å²) in [5, 5.41) is 3.37. The van der Waals surface area contributed by atoms with E-state index in [0.29, 0.717) is 6.04 Å².